The molecule has 188 valence electrons. The summed E-state index contributed by atoms with van der Waals surface area (Å²) in [6.45, 7) is 6.24. The minimum atomic E-state index is -4.40. The van der Waals surface area contributed by atoms with E-state index in [1.54, 1.807) is 33.6 Å². The molecule has 2 aromatic heterocycles. The average Bonchev–Trinajstić information content (AvgIpc) is 3.27. The van der Waals surface area contributed by atoms with Gasteiger partial charge in [0.2, 0.25) is 0 Å². The first kappa shape index (κ1) is 25.4. The van der Waals surface area contributed by atoms with E-state index >= 15 is 0 Å². The van der Waals surface area contributed by atoms with Gasteiger partial charge in [0, 0.05) is 11.8 Å². The summed E-state index contributed by atoms with van der Waals surface area (Å²) in [5.41, 5.74) is 3.81. The highest BCUT2D eigenvalue weighted by atomic mass is 32.1. The van der Waals surface area contributed by atoms with Crippen LogP contribution in [0.5, 0.6) is 0 Å². The molecule has 0 radical (unpaired) electrons. The van der Waals surface area contributed by atoms with Crippen molar-refractivity contribution in [3.63, 3.8) is 0 Å². The molecule has 2 N–H and O–H groups in total. The van der Waals surface area contributed by atoms with E-state index in [-0.39, 0.29) is 12.4 Å². The molecule has 0 amide bonds. The number of hydrogen-bond acceptors (Lipinski definition) is 3. The van der Waals surface area contributed by atoms with Crippen LogP contribution in [0.15, 0.2) is 54.6 Å². The Hall–Kier alpha value is -3.73. The number of aromatic nitrogens is 4. The van der Waals surface area contributed by atoms with Gasteiger partial charge in [-0.3, -0.25) is 9.36 Å². The number of rotatable bonds is 6. The predicted octanol–water partition coefficient (Wildman–Crippen LogP) is 6.07. The minimum Gasteiger partial charge on any atom is -0.329 e. The lowest BCUT2D eigenvalue weighted by molar-refractivity contribution is -0.137. The third kappa shape index (κ3) is 5.91. The molecule has 0 saturated carbocycles. The van der Waals surface area contributed by atoms with Crippen molar-refractivity contribution in [3.8, 4) is 0 Å². The highest BCUT2D eigenvalue weighted by molar-refractivity contribution is 7.80. The largest absolute Gasteiger partial charge is 0.416 e. The molecule has 2 heterocycles. The standard InChI is InChI=1S/C25H24F4N6S/c1-15-11-22(33-34(15)14-19-5-4-6-20(12-19)25(27,28)29)30-24(36)31-23-16(2)32-35(17(23)3)13-18-7-9-21(26)10-8-18/h4-12H,13-14H2,1-3H3,(H2,30,31,33,36). The van der Waals surface area contributed by atoms with E-state index in [0.29, 0.717) is 23.0 Å². The summed E-state index contributed by atoms with van der Waals surface area (Å²) in [5, 5.41) is 15.5. The van der Waals surface area contributed by atoms with Gasteiger partial charge in [-0.15, -0.1) is 0 Å². The molecular weight excluding hydrogens is 492 g/mol. The number of nitrogens with one attached hydrogen (secondary N) is 2. The molecule has 0 fully saturated rings. The number of nitrogens with zero attached hydrogens (tertiary/aromatic N) is 4. The zero-order chi connectivity index (χ0) is 26.0. The summed E-state index contributed by atoms with van der Waals surface area (Å²) in [4.78, 5) is 0. The van der Waals surface area contributed by atoms with Gasteiger partial charge < -0.3 is 10.6 Å². The molecule has 0 unspecified atom stereocenters. The van der Waals surface area contributed by atoms with E-state index in [4.69, 9.17) is 12.2 Å². The molecule has 0 aliphatic carbocycles. The van der Waals surface area contributed by atoms with E-state index in [0.717, 1.165) is 40.5 Å². The fraction of sp³-hybridized carbons (Fsp3) is 0.240. The van der Waals surface area contributed by atoms with E-state index in [1.807, 2.05) is 20.8 Å². The number of hydrogen-bond donors (Lipinski definition) is 2. The Morgan fingerprint density at radius 3 is 2.28 bits per heavy atom. The zero-order valence-electron chi connectivity index (χ0n) is 19.8. The highest BCUT2D eigenvalue weighted by Crippen LogP contribution is 2.30. The Bertz CT molecular complexity index is 1390. The topological polar surface area (TPSA) is 59.7 Å². The van der Waals surface area contributed by atoms with Crippen molar-refractivity contribution in [1.29, 1.82) is 0 Å². The second-order valence-corrected chi connectivity index (χ2v) is 8.84. The van der Waals surface area contributed by atoms with Crippen LogP contribution in [-0.2, 0) is 19.3 Å². The molecule has 4 aromatic rings. The van der Waals surface area contributed by atoms with Gasteiger partial charge in [0.25, 0.3) is 0 Å². The molecule has 36 heavy (non-hydrogen) atoms. The first-order valence-corrected chi connectivity index (χ1v) is 11.5. The van der Waals surface area contributed by atoms with E-state index in [1.165, 1.54) is 18.2 Å². The number of thiocarbonyl (C=S) groups is 1. The van der Waals surface area contributed by atoms with Gasteiger partial charge in [0.1, 0.15) is 5.82 Å². The van der Waals surface area contributed by atoms with Gasteiger partial charge in [0.05, 0.1) is 35.7 Å². The highest BCUT2D eigenvalue weighted by Gasteiger charge is 2.30. The molecule has 0 saturated heterocycles. The summed E-state index contributed by atoms with van der Waals surface area (Å²) in [5.74, 6) is 0.171. The average molecular weight is 517 g/mol. The van der Waals surface area contributed by atoms with Crippen LogP contribution in [0.3, 0.4) is 0 Å². The first-order valence-electron chi connectivity index (χ1n) is 11.1. The van der Waals surface area contributed by atoms with Crippen molar-refractivity contribution in [2.45, 2.75) is 40.0 Å². The maximum absolute atomic E-state index is 13.2. The molecule has 0 aliphatic rings. The molecule has 2 aromatic carbocycles. The van der Waals surface area contributed by atoms with Crippen LogP contribution in [0.1, 0.15) is 33.8 Å². The maximum atomic E-state index is 13.2. The minimum absolute atomic E-state index is 0.187. The zero-order valence-corrected chi connectivity index (χ0v) is 20.6. The summed E-state index contributed by atoms with van der Waals surface area (Å²) >= 11 is 5.46. The van der Waals surface area contributed by atoms with Gasteiger partial charge >= 0.3 is 6.18 Å². The van der Waals surface area contributed by atoms with Crippen LogP contribution in [0.2, 0.25) is 0 Å². The molecular formula is C25H24F4N6S. The van der Waals surface area contributed by atoms with Crippen LogP contribution >= 0.6 is 12.2 Å². The normalized spacial score (nSPS) is 11.5. The number of aryl methyl sites for hydroxylation is 2. The third-order valence-electron chi connectivity index (χ3n) is 5.68. The lowest BCUT2D eigenvalue weighted by Crippen LogP contribution is -2.20. The third-order valence-corrected chi connectivity index (χ3v) is 5.88. The maximum Gasteiger partial charge on any atom is 0.416 e. The van der Waals surface area contributed by atoms with Crippen LogP contribution < -0.4 is 10.6 Å². The Balaban J connectivity index is 1.43. The van der Waals surface area contributed by atoms with Crippen LogP contribution in [0.25, 0.3) is 0 Å². The lowest BCUT2D eigenvalue weighted by atomic mass is 10.1. The van der Waals surface area contributed by atoms with Gasteiger partial charge in [-0.05, 0) is 68.4 Å². The van der Waals surface area contributed by atoms with Crippen molar-refractivity contribution in [3.05, 3.63) is 94.2 Å². The van der Waals surface area contributed by atoms with Crippen LogP contribution in [0.4, 0.5) is 29.1 Å². The molecule has 0 spiro atoms. The number of benzene rings is 2. The quantitative estimate of drug-likeness (QED) is 0.241. The number of anilines is 2. The molecule has 6 nitrogen and oxygen atoms in total. The van der Waals surface area contributed by atoms with Crippen LogP contribution in [0, 0.1) is 26.6 Å². The Labute approximate surface area is 210 Å². The summed E-state index contributed by atoms with van der Waals surface area (Å²) in [6.07, 6.45) is -4.40. The fourth-order valence-electron chi connectivity index (χ4n) is 3.81. The Morgan fingerprint density at radius 1 is 0.889 bits per heavy atom. The van der Waals surface area contributed by atoms with Crippen molar-refractivity contribution in [1.82, 2.24) is 19.6 Å². The lowest BCUT2D eigenvalue weighted by Gasteiger charge is -2.10. The number of halogens is 4. The van der Waals surface area contributed by atoms with Gasteiger partial charge in [-0.25, -0.2) is 4.39 Å². The predicted molar refractivity (Wildman–Crippen MR) is 135 cm³/mol. The van der Waals surface area contributed by atoms with Crippen molar-refractivity contribution in [2.24, 2.45) is 0 Å². The second kappa shape index (κ2) is 10.1. The Morgan fingerprint density at radius 2 is 1.58 bits per heavy atom. The van der Waals surface area contributed by atoms with E-state index < -0.39 is 11.7 Å². The fourth-order valence-corrected chi connectivity index (χ4v) is 4.01. The molecule has 0 bridgehead atoms. The van der Waals surface area contributed by atoms with Gasteiger partial charge in [-0.1, -0.05) is 24.3 Å². The smallest absolute Gasteiger partial charge is 0.329 e. The summed E-state index contributed by atoms with van der Waals surface area (Å²) in [7, 11) is 0. The van der Waals surface area contributed by atoms with Crippen molar-refractivity contribution < 1.29 is 17.6 Å². The van der Waals surface area contributed by atoms with Crippen LogP contribution in [-0.4, -0.2) is 24.7 Å². The van der Waals surface area contributed by atoms with Gasteiger partial charge in [0.15, 0.2) is 10.9 Å². The molecule has 4 rings (SSSR count). The monoisotopic (exact) mass is 516 g/mol. The van der Waals surface area contributed by atoms with E-state index in [9.17, 15) is 17.6 Å². The molecule has 11 heteroatoms. The molecule has 0 atom stereocenters. The number of alkyl halides is 3. The van der Waals surface area contributed by atoms with Crippen molar-refractivity contribution in [2.75, 3.05) is 10.6 Å². The Kier molecular flexibility index (Phi) is 7.11. The van der Waals surface area contributed by atoms with E-state index in [2.05, 4.69) is 20.8 Å². The SMILES string of the molecule is Cc1nn(Cc2ccc(F)cc2)c(C)c1NC(=S)Nc1cc(C)n(Cc2cccc(C(F)(F)F)c2)n1. The van der Waals surface area contributed by atoms with Crippen molar-refractivity contribution >= 4 is 28.8 Å². The first-order chi connectivity index (χ1) is 17.0. The summed E-state index contributed by atoms with van der Waals surface area (Å²) in [6, 6.07) is 13.2. The molecule has 0 aliphatic heterocycles. The second-order valence-electron chi connectivity index (χ2n) is 8.44. The summed E-state index contributed by atoms with van der Waals surface area (Å²) < 4.78 is 55.7. The van der Waals surface area contributed by atoms with Gasteiger partial charge in [-0.2, -0.15) is 23.4 Å².